The monoisotopic (exact) mass is 438 g/mol. The second-order valence-electron chi connectivity index (χ2n) is 9.29. The zero-order chi connectivity index (χ0) is 23.3. The third-order valence-corrected chi connectivity index (χ3v) is 6.10. The molecule has 32 heavy (non-hydrogen) atoms. The molecule has 0 radical (unpaired) electrons. The predicted octanol–water partition coefficient (Wildman–Crippen LogP) is 6.44. The Kier molecular flexibility index (Phi) is 11.3. The number of ether oxygens (including phenoxy) is 1. The highest BCUT2D eigenvalue weighted by molar-refractivity contribution is 5.51. The number of hydrogen-bond acceptors (Lipinski definition) is 5. The standard InChI is InChI=1S/C27H42N4O/c1-6-9-13-23(11-7-2)20-32-27-29-25-18-21(4)12-10-14-24(25)26(30-27)31(17-8-3)19-22(5)15-16-28/h7,22-23H,2,4,6,8-15,17-20H2,1,3,5H3/t22-,23-/m0/s1. The van der Waals surface area contributed by atoms with Crippen LogP contribution in [0, 0.1) is 23.2 Å². The van der Waals surface area contributed by atoms with Gasteiger partial charge in [-0.3, -0.25) is 0 Å². The van der Waals surface area contributed by atoms with E-state index in [9.17, 15) is 0 Å². The number of fused-ring (bicyclic) bond motifs is 1. The van der Waals surface area contributed by atoms with Gasteiger partial charge in [-0.25, -0.2) is 0 Å². The quantitative estimate of drug-likeness (QED) is 0.247. The highest BCUT2D eigenvalue weighted by Gasteiger charge is 2.23. The molecule has 0 saturated heterocycles. The summed E-state index contributed by atoms with van der Waals surface area (Å²) in [5.74, 6) is 1.73. The van der Waals surface area contributed by atoms with Gasteiger partial charge >= 0.3 is 6.01 Å². The summed E-state index contributed by atoms with van der Waals surface area (Å²) in [6.07, 6.45) is 11.9. The first-order chi connectivity index (χ1) is 15.5. The molecule has 1 heterocycles. The van der Waals surface area contributed by atoms with E-state index in [4.69, 9.17) is 20.0 Å². The van der Waals surface area contributed by atoms with Gasteiger partial charge in [0, 0.05) is 31.5 Å². The van der Waals surface area contributed by atoms with Gasteiger partial charge < -0.3 is 9.64 Å². The third kappa shape index (κ3) is 7.97. The Balaban J connectivity index is 2.35. The Bertz CT molecular complexity index is 783. The molecule has 0 fully saturated rings. The molecule has 0 bridgehead atoms. The van der Waals surface area contributed by atoms with E-state index in [1.54, 1.807) is 0 Å². The summed E-state index contributed by atoms with van der Waals surface area (Å²) in [5, 5.41) is 9.15. The molecule has 2 atom stereocenters. The Morgan fingerprint density at radius 3 is 2.75 bits per heavy atom. The molecule has 0 saturated carbocycles. The first-order valence-electron chi connectivity index (χ1n) is 12.4. The SMILES string of the molecule is C=CC[C@@H](CCCC)COc1nc2c(c(N(CCC)C[C@@H](C)CC#N)n1)CCCC(=C)C2. The van der Waals surface area contributed by atoms with Gasteiger partial charge in [0.2, 0.25) is 0 Å². The van der Waals surface area contributed by atoms with Crippen LogP contribution in [0.1, 0.15) is 83.4 Å². The normalized spacial score (nSPS) is 15.2. The Morgan fingerprint density at radius 1 is 1.25 bits per heavy atom. The molecule has 5 heteroatoms. The molecular weight excluding hydrogens is 396 g/mol. The maximum Gasteiger partial charge on any atom is 0.318 e. The predicted molar refractivity (Wildman–Crippen MR) is 133 cm³/mol. The van der Waals surface area contributed by atoms with E-state index in [1.807, 2.05) is 6.08 Å². The zero-order valence-electron chi connectivity index (χ0n) is 20.5. The molecule has 1 aromatic heterocycles. The van der Waals surface area contributed by atoms with Gasteiger partial charge in [0.25, 0.3) is 0 Å². The number of nitrogens with zero attached hydrogens (tertiary/aromatic N) is 4. The minimum absolute atomic E-state index is 0.285. The third-order valence-electron chi connectivity index (χ3n) is 6.10. The van der Waals surface area contributed by atoms with Gasteiger partial charge in [-0.05, 0) is 50.4 Å². The van der Waals surface area contributed by atoms with Gasteiger partial charge in [0.1, 0.15) is 5.82 Å². The highest BCUT2D eigenvalue weighted by atomic mass is 16.5. The molecule has 1 aliphatic rings. The van der Waals surface area contributed by atoms with Crippen LogP contribution in [-0.2, 0) is 12.8 Å². The smallest absolute Gasteiger partial charge is 0.318 e. The minimum Gasteiger partial charge on any atom is -0.463 e. The molecule has 2 rings (SSSR count). The molecule has 1 aromatic rings. The lowest BCUT2D eigenvalue weighted by Gasteiger charge is -2.29. The van der Waals surface area contributed by atoms with E-state index in [1.165, 1.54) is 24.0 Å². The number of nitriles is 1. The summed E-state index contributed by atoms with van der Waals surface area (Å²) >= 11 is 0. The largest absolute Gasteiger partial charge is 0.463 e. The number of rotatable bonds is 14. The molecule has 0 N–H and O–H groups in total. The fourth-order valence-corrected chi connectivity index (χ4v) is 4.40. The molecule has 176 valence electrons. The first-order valence-corrected chi connectivity index (χ1v) is 12.4. The lowest BCUT2D eigenvalue weighted by atomic mass is 10.00. The fourth-order valence-electron chi connectivity index (χ4n) is 4.40. The van der Waals surface area contributed by atoms with Crippen molar-refractivity contribution in [1.82, 2.24) is 9.97 Å². The summed E-state index contributed by atoms with van der Waals surface area (Å²) in [6.45, 7) is 17.1. The topological polar surface area (TPSA) is 62.0 Å². The number of aromatic nitrogens is 2. The molecule has 5 nitrogen and oxygen atoms in total. The lowest BCUT2D eigenvalue weighted by Crippen LogP contribution is -2.31. The van der Waals surface area contributed by atoms with E-state index in [2.05, 4.69) is 44.9 Å². The van der Waals surface area contributed by atoms with Crippen molar-refractivity contribution in [2.24, 2.45) is 11.8 Å². The zero-order valence-corrected chi connectivity index (χ0v) is 20.5. The van der Waals surface area contributed by atoms with Crippen molar-refractivity contribution in [2.75, 3.05) is 24.6 Å². The molecule has 0 aromatic carbocycles. The van der Waals surface area contributed by atoms with Crippen molar-refractivity contribution in [3.8, 4) is 12.1 Å². The Hall–Kier alpha value is -2.35. The molecular formula is C27H42N4O. The van der Waals surface area contributed by atoms with E-state index >= 15 is 0 Å². The molecule has 0 amide bonds. The van der Waals surface area contributed by atoms with Crippen LogP contribution < -0.4 is 9.64 Å². The number of hydrogen-bond donors (Lipinski definition) is 0. The van der Waals surface area contributed by atoms with Crippen LogP contribution in [-0.4, -0.2) is 29.7 Å². The van der Waals surface area contributed by atoms with Crippen molar-refractivity contribution in [3.05, 3.63) is 36.1 Å². The van der Waals surface area contributed by atoms with E-state index in [-0.39, 0.29) is 5.92 Å². The average molecular weight is 439 g/mol. The maximum atomic E-state index is 9.15. The van der Waals surface area contributed by atoms with Crippen molar-refractivity contribution in [1.29, 1.82) is 5.26 Å². The minimum atomic E-state index is 0.285. The maximum absolute atomic E-state index is 9.15. The molecule has 0 spiro atoms. The summed E-state index contributed by atoms with van der Waals surface area (Å²) in [4.78, 5) is 12.2. The first kappa shape index (κ1) is 25.9. The van der Waals surface area contributed by atoms with Gasteiger partial charge in [0.05, 0.1) is 18.4 Å². The lowest BCUT2D eigenvalue weighted by molar-refractivity contribution is 0.222. The van der Waals surface area contributed by atoms with Crippen LogP contribution in [0.3, 0.4) is 0 Å². The fraction of sp³-hybridized carbons (Fsp3) is 0.667. The van der Waals surface area contributed by atoms with Crippen molar-refractivity contribution >= 4 is 5.82 Å². The van der Waals surface area contributed by atoms with Crippen molar-refractivity contribution in [2.45, 2.75) is 85.0 Å². The number of unbranched alkanes of at least 4 members (excludes halogenated alkanes) is 1. The van der Waals surface area contributed by atoms with Crippen LogP contribution in [0.15, 0.2) is 24.8 Å². The average Bonchev–Trinajstić information content (AvgIpc) is 2.95. The van der Waals surface area contributed by atoms with Crippen LogP contribution in [0.4, 0.5) is 5.82 Å². The van der Waals surface area contributed by atoms with E-state index in [0.717, 1.165) is 69.5 Å². The number of allylic oxidation sites excluding steroid dienone is 2. The van der Waals surface area contributed by atoms with Crippen molar-refractivity contribution < 1.29 is 4.74 Å². The van der Waals surface area contributed by atoms with Crippen LogP contribution in [0.25, 0.3) is 0 Å². The molecule has 0 aliphatic heterocycles. The summed E-state index contributed by atoms with van der Waals surface area (Å²) in [7, 11) is 0. The van der Waals surface area contributed by atoms with Gasteiger partial charge in [-0.1, -0.05) is 51.8 Å². The number of anilines is 1. The second-order valence-corrected chi connectivity index (χ2v) is 9.29. The van der Waals surface area contributed by atoms with Gasteiger partial charge in [0.15, 0.2) is 0 Å². The molecule has 0 unspecified atom stereocenters. The van der Waals surface area contributed by atoms with Crippen LogP contribution >= 0.6 is 0 Å². The van der Waals surface area contributed by atoms with Crippen molar-refractivity contribution in [3.63, 3.8) is 0 Å². The van der Waals surface area contributed by atoms with Gasteiger partial charge in [-0.2, -0.15) is 15.2 Å². The van der Waals surface area contributed by atoms with Gasteiger partial charge in [-0.15, -0.1) is 6.58 Å². The summed E-state index contributed by atoms with van der Waals surface area (Å²) < 4.78 is 6.20. The van der Waals surface area contributed by atoms with E-state index < -0.39 is 0 Å². The van der Waals surface area contributed by atoms with Crippen LogP contribution in [0.5, 0.6) is 6.01 Å². The Labute approximate surface area is 195 Å². The molecule has 1 aliphatic carbocycles. The Morgan fingerprint density at radius 2 is 2.06 bits per heavy atom. The van der Waals surface area contributed by atoms with E-state index in [0.29, 0.717) is 25.0 Å². The second kappa shape index (κ2) is 13.9. The van der Waals surface area contributed by atoms with Crippen LogP contribution in [0.2, 0.25) is 0 Å². The summed E-state index contributed by atoms with van der Waals surface area (Å²) in [6, 6.07) is 2.79. The highest BCUT2D eigenvalue weighted by Crippen LogP contribution is 2.31. The summed E-state index contributed by atoms with van der Waals surface area (Å²) in [5.41, 5.74) is 3.53.